The molecular weight excluding hydrogens is 248 g/mol. The number of hydrogen-bond donors (Lipinski definition) is 2. The molecule has 2 nitrogen and oxygen atoms in total. The molecular formula is C15H23F2NO. The highest BCUT2D eigenvalue weighted by atomic mass is 19.1. The van der Waals surface area contributed by atoms with Gasteiger partial charge in [-0.2, -0.15) is 0 Å². The highest BCUT2D eigenvalue weighted by Gasteiger charge is 2.24. The standard InChI is InChI=1S/C15H23F2NO/c1-11(2)10-18-8-7-15(3,19)9-12-13(16)5-4-6-14(12)17/h4-6,11,18-19H,7-10H2,1-3H3. The summed E-state index contributed by atoms with van der Waals surface area (Å²) in [5.74, 6) is -0.667. The van der Waals surface area contributed by atoms with Crippen LogP contribution in [0.3, 0.4) is 0 Å². The summed E-state index contributed by atoms with van der Waals surface area (Å²) in [6, 6.07) is 3.75. The molecule has 0 aliphatic carbocycles. The van der Waals surface area contributed by atoms with Gasteiger partial charge < -0.3 is 10.4 Å². The van der Waals surface area contributed by atoms with Crippen LogP contribution >= 0.6 is 0 Å². The molecule has 1 atom stereocenters. The van der Waals surface area contributed by atoms with Crippen molar-refractivity contribution < 1.29 is 13.9 Å². The number of nitrogens with one attached hydrogen (secondary N) is 1. The van der Waals surface area contributed by atoms with E-state index in [1.54, 1.807) is 6.92 Å². The van der Waals surface area contributed by atoms with E-state index in [4.69, 9.17) is 0 Å². The van der Waals surface area contributed by atoms with E-state index in [0.29, 0.717) is 18.9 Å². The predicted octanol–water partition coefficient (Wildman–Crippen LogP) is 2.89. The van der Waals surface area contributed by atoms with E-state index < -0.39 is 17.2 Å². The summed E-state index contributed by atoms with van der Waals surface area (Å²) >= 11 is 0. The molecule has 108 valence electrons. The summed E-state index contributed by atoms with van der Waals surface area (Å²) in [7, 11) is 0. The molecule has 0 amide bonds. The fraction of sp³-hybridized carbons (Fsp3) is 0.600. The molecule has 0 fully saturated rings. The lowest BCUT2D eigenvalue weighted by atomic mass is 9.92. The fourth-order valence-corrected chi connectivity index (χ4v) is 1.92. The van der Waals surface area contributed by atoms with Crippen molar-refractivity contribution in [2.45, 2.75) is 39.2 Å². The van der Waals surface area contributed by atoms with Crippen LogP contribution in [-0.2, 0) is 6.42 Å². The van der Waals surface area contributed by atoms with Gasteiger partial charge in [0, 0.05) is 12.0 Å². The Hall–Kier alpha value is -1.00. The molecule has 1 aromatic rings. The van der Waals surface area contributed by atoms with Crippen molar-refractivity contribution in [3.63, 3.8) is 0 Å². The molecule has 1 aromatic carbocycles. The Morgan fingerprint density at radius 2 is 1.84 bits per heavy atom. The molecule has 0 spiro atoms. The van der Waals surface area contributed by atoms with Gasteiger partial charge in [-0.15, -0.1) is 0 Å². The van der Waals surface area contributed by atoms with Crippen LogP contribution in [0, 0.1) is 17.6 Å². The first kappa shape index (κ1) is 16.1. The molecule has 1 unspecified atom stereocenters. The van der Waals surface area contributed by atoms with Gasteiger partial charge in [0.05, 0.1) is 5.60 Å². The van der Waals surface area contributed by atoms with Crippen molar-refractivity contribution in [2.75, 3.05) is 13.1 Å². The Kier molecular flexibility index (Phi) is 5.88. The summed E-state index contributed by atoms with van der Waals surface area (Å²) in [5.41, 5.74) is -1.16. The third-order valence-corrected chi connectivity index (χ3v) is 3.01. The van der Waals surface area contributed by atoms with Gasteiger partial charge in [-0.05, 0) is 44.5 Å². The lowest BCUT2D eigenvalue weighted by Crippen LogP contribution is -2.33. The average molecular weight is 271 g/mol. The van der Waals surface area contributed by atoms with E-state index in [9.17, 15) is 13.9 Å². The van der Waals surface area contributed by atoms with Crippen molar-refractivity contribution in [3.8, 4) is 0 Å². The maximum atomic E-state index is 13.5. The maximum Gasteiger partial charge on any atom is 0.129 e. The monoisotopic (exact) mass is 271 g/mol. The molecule has 0 saturated carbocycles. The van der Waals surface area contributed by atoms with Gasteiger partial charge in [-0.3, -0.25) is 0 Å². The Bertz CT molecular complexity index is 385. The Morgan fingerprint density at radius 1 is 1.26 bits per heavy atom. The second kappa shape index (κ2) is 6.96. The van der Waals surface area contributed by atoms with Gasteiger partial charge in [0.1, 0.15) is 11.6 Å². The quantitative estimate of drug-likeness (QED) is 0.747. The Balaban J connectivity index is 2.54. The zero-order chi connectivity index (χ0) is 14.5. The van der Waals surface area contributed by atoms with Gasteiger partial charge in [-0.25, -0.2) is 8.78 Å². The summed E-state index contributed by atoms with van der Waals surface area (Å²) in [6.45, 7) is 7.29. The van der Waals surface area contributed by atoms with Crippen LogP contribution < -0.4 is 5.32 Å². The molecule has 0 aliphatic rings. The van der Waals surface area contributed by atoms with Crippen LogP contribution in [0.2, 0.25) is 0 Å². The predicted molar refractivity (Wildman–Crippen MR) is 73.0 cm³/mol. The summed E-state index contributed by atoms with van der Waals surface area (Å²) in [5, 5.41) is 13.4. The van der Waals surface area contributed by atoms with E-state index in [1.807, 2.05) is 0 Å². The maximum absolute atomic E-state index is 13.5. The highest BCUT2D eigenvalue weighted by Crippen LogP contribution is 2.21. The van der Waals surface area contributed by atoms with Crippen LogP contribution in [0.4, 0.5) is 8.78 Å². The highest BCUT2D eigenvalue weighted by molar-refractivity contribution is 5.21. The summed E-state index contributed by atoms with van der Waals surface area (Å²) in [6.07, 6.45) is 0.433. The summed E-state index contributed by atoms with van der Waals surface area (Å²) < 4.78 is 27.0. The van der Waals surface area contributed by atoms with Crippen LogP contribution in [0.1, 0.15) is 32.8 Å². The van der Waals surface area contributed by atoms with Crippen LogP contribution in [0.25, 0.3) is 0 Å². The largest absolute Gasteiger partial charge is 0.390 e. The Morgan fingerprint density at radius 3 is 2.37 bits per heavy atom. The summed E-state index contributed by atoms with van der Waals surface area (Å²) in [4.78, 5) is 0. The molecule has 0 aromatic heterocycles. The minimum atomic E-state index is -1.12. The number of hydrogen-bond acceptors (Lipinski definition) is 2. The van der Waals surface area contributed by atoms with Gasteiger partial charge in [-0.1, -0.05) is 19.9 Å². The minimum Gasteiger partial charge on any atom is -0.390 e. The zero-order valence-corrected chi connectivity index (χ0v) is 11.8. The molecule has 0 aliphatic heterocycles. The van der Waals surface area contributed by atoms with Crippen LogP contribution in [0.5, 0.6) is 0 Å². The molecule has 19 heavy (non-hydrogen) atoms. The topological polar surface area (TPSA) is 32.3 Å². The second-order valence-electron chi connectivity index (χ2n) is 5.72. The lowest BCUT2D eigenvalue weighted by molar-refractivity contribution is 0.0496. The number of halogens is 2. The van der Waals surface area contributed by atoms with E-state index >= 15 is 0 Å². The lowest BCUT2D eigenvalue weighted by Gasteiger charge is -2.24. The van der Waals surface area contributed by atoms with Crippen molar-refractivity contribution in [1.29, 1.82) is 0 Å². The Labute approximate surface area is 113 Å². The molecule has 4 heteroatoms. The SMILES string of the molecule is CC(C)CNCCC(C)(O)Cc1c(F)cccc1F. The van der Waals surface area contributed by atoms with E-state index in [1.165, 1.54) is 18.2 Å². The molecule has 0 bridgehead atoms. The number of rotatable bonds is 7. The molecule has 0 radical (unpaired) electrons. The van der Waals surface area contributed by atoms with Crippen molar-refractivity contribution in [2.24, 2.45) is 5.92 Å². The zero-order valence-electron chi connectivity index (χ0n) is 11.8. The normalized spacial score (nSPS) is 14.7. The first-order valence-corrected chi connectivity index (χ1v) is 6.68. The van der Waals surface area contributed by atoms with E-state index in [0.717, 1.165) is 6.54 Å². The van der Waals surface area contributed by atoms with Gasteiger partial charge >= 0.3 is 0 Å². The first-order chi connectivity index (χ1) is 8.82. The minimum absolute atomic E-state index is 0.0190. The second-order valence-corrected chi connectivity index (χ2v) is 5.72. The molecule has 0 saturated heterocycles. The van der Waals surface area contributed by atoms with Crippen molar-refractivity contribution in [3.05, 3.63) is 35.4 Å². The molecule has 1 rings (SSSR count). The average Bonchev–Trinajstić information content (AvgIpc) is 2.30. The van der Waals surface area contributed by atoms with Crippen molar-refractivity contribution in [1.82, 2.24) is 5.32 Å². The number of benzene rings is 1. The number of aliphatic hydroxyl groups is 1. The molecule has 2 N–H and O–H groups in total. The van der Waals surface area contributed by atoms with Crippen molar-refractivity contribution >= 4 is 0 Å². The van der Waals surface area contributed by atoms with E-state index in [2.05, 4.69) is 19.2 Å². The van der Waals surface area contributed by atoms with Crippen LogP contribution in [0.15, 0.2) is 18.2 Å². The third-order valence-electron chi connectivity index (χ3n) is 3.01. The van der Waals surface area contributed by atoms with E-state index in [-0.39, 0.29) is 12.0 Å². The fourth-order valence-electron chi connectivity index (χ4n) is 1.92. The smallest absolute Gasteiger partial charge is 0.129 e. The van der Waals surface area contributed by atoms with Gasteiger partial charge in [0.15, 0.2) is 0 Å². The van der Waals surface area contributed by atoms with Gasteiger partial charge in [0.2, 0.25) is 0 Å². The van der Waals surface area contributed by atoms with Crippen LogP contribution in [-0.4, -0.2) is 23.8 Å². The first-order valence-electron chi connectivity index (χ1n) is 6.68. The molecule has 0 heterocycles. The third kappa shape index (κ3) is 5.66. The van der Waals surface area contributed by atoms with Gasteiger partial charge in [0.25, 0.3) is 0 Å².